The maximum absolute atomic E-state index is 12.7. The van der Waals surface area contributed by atoms with Crippen molar-refractivity contribution in [3.63, 3.8) is 0 Å². The molecule has 1 saturated carbocycles. The normalized spacial score (nSPS) is 21.5. The Bertz CT molecular complexity index is 570. The second kappa shape index (κ2) is 6.92. The second-order valence-corrected chi connectivity index (χ2v) is 5.56. The maximum atomic E-state index is 12.7. The number of nitrogens with one attached hydrogen (secondary N) is 1. The summed E-state index contributed by atoms with van der Waals surface area (Å²) >= 11 is 0. The minimum Gasteiger partial charge on any atom is -0.493 e. The van der Waals surface area contributed by atoms with Crippen LogP contribution in [0.15, 0.2) is 18.2 Å². The van der Waals surface area contributed by atoms with Gasteiger partial charge in [0.2, 0.25) is 0 Å². The summed E-state index contributed by atoms with van der Waals surface area (Å²) in [6.45, 7) is 0.181. The van der Waals surface area contributed by atoms with Gasteiger partial charge in [-0.15, -0.1) is 0 Å². The average Bonchev–Trinajstić information content (AvgIpc) is 2.55. The predicted octanol–water partition coefficient (Wildman–Crippen LogP) is 1.87. The molecule has 0 amide bonds. The van der Waals surface area contributed by atoms with E-state index in [0.29, 0.717) is 29.9 Å². The van der Waals surface area contributed by atoms with Crippen molar-refractivity contribution >= 4 is 11.6 Å². The molecule has 1 aromatic rings. The highest BCUT2D eigenvalue weighted by atomic mass is 16.5. The van der Waals surface area contributed by atoms with Gasteiger partial charge in [0.1, 0.15) is 5.41 Å². The Morgan fingerprint density at radius 3 is 2.55 bits per heavy atom. The summed E-state index contributed by atoms with van der Waals surface area (Å²) in [7, 11) is 4.82. The van der Waals surface area contributed by atoms with Crippen LogP contribution >= 0.6 is 0 Å². The fourth-order valence-corrected chi connectivity index (χ4v) is 3.20. The van der Waals surface area contributed by atoms with Gasteiger partial charge in [0, 0.05) is 6.42 Å². The van der Waals surface area contributed by atoms with Crippen molar-refractivity contribution in [2.45, 2.75) is 31.1 Å². The molecule has 0 aliphatic heterocycles. The van der Waals surface area contributed by atoms with E-state index in [2.05, 4.69) is 5.32 Å². The van der Waals surface area contributed by atoms with E-state index in [0.717, 1.165) is 12.8 Å². The van der Waals surface area contributed by atoms with Gasteiger partial charge < -0.3 is 14.8 Å². The molecule has 2 rings (SSSR count). The van der Waals surface area contributed by atoms with Crippen LogP contribution in [0.25, 0.3) is 0 Å². The lowest BCUT2D eigenvalue weighted by molar-refractivity contribution is -0.136. The summed E-state index contributed by atoms with van der Waals surface area (Å²) < 4.78 is 10.6. The zero-order chi connectivity index (χ0) is 16.2. The number of hydrogen-bond donors (Lipinski definition) is 1. The molecule has 1 aliphatic rings. The van der Waals surface area contributed by atoms with Gasteiger partial charge in [-0.3, -0.25) is 9.59 Å². The molecule has 0 heterocycles. The summed E-state index contributed by atoms with van der Waals surface area (Å²) in [6, 6.07) is 5.32. The highest BCUT2D eigenvalue weighted by Crippen LogP contribution is 2.41. The largest absolute Gasteiger partial charge is 0.493 e. The van der Waals surface area contributed by atoms with Crippen LogP contribution in [-0.4, -0.2) is 39.4 Å². The summed E-state index contributed by atoms with van der Waals surface area (Å²) in [5.41, 5.74) is -0.351. The lowest BCUT2D eigenvalue weighted by Gasteiger charge is -2.35. The number of Topliss-reactive ketones (excluding diaryl/α,β-unsaturated/α-hetero) is 2. The number of ketones is 2. The topological polar surface area (TPSA) is 64.6 Å². The van der Waals surface area contributed by atoms with Crippen molar-refractivity contribution in [1.29, 1.82) is 0 Å². The fraction of sp³-hybridized carbons (Fsp3) is 0.529. The SMILES string of the molecule is CNCC(=O)C1(c2ccc(OC)c(OC)c2)CCCCC1=O. The van der Waals surface area contributed by atoms with Crippen molar-refractivity contribution in [3.8, 4) is 11.5 Å². The van der Waals surface area contributed by atoms with E-state index in [-0.39, 0.29) is 18.1 Å². The summed E-state index contributed by atoms with van der Waals surface area (Å²) in [5.74, 6) is 1.05. The van der Waals surface area contributed by atoms with Gasteiger partial charge in [0.05, 0.1) is 20.8 Å². The van der Waals surface area contributed by atoms with Crippen molar-refractivity contribution in [2.24, 2.45) is 0 Å². The maximum Gasteiger partial charge on any atom is 0.164 e. The summed E-state index contributed by atoms with van der Waals surface area (Å²) in [4.78, 5) is 25.4. The third-order valence-electron chi connectivity index (χ3n) is 4.37. The minimum atomic E-state index is -1.05. The van der Waals surface area contributed by atoms with Crippen molar-refractivity contribution < 1.29 is 19.1 Å². The predicted molar refractivity (Wildman–Crippen MR) is 83.6 cm³/mol. The molecular formula is C17H23NO4. The Kier molecular flexibility index (Phi) is 5.19. The van der Waals surface area contributed by atoms with E-state index in [1.807, 2.05) is 0 Å². The molecular weight excluding hydrogens is 282 g/mol. The molecule has 1 atom stereocenters. The second-order valence-electron chi connectivity index (χ2n) is 5.56. The first-order chi connectivity index (χ1) is 10.6. The van der Waals surface area contributed by atoms with Crippen LogP contribution in [0.3, 0.4) is 0 Å². The van der Waals surface area contributed by atoms with Crippen LogP contribution in [0.1, 0.15) is 31.2 Å². The molecule has 1 aliphatic carbocycles. The summed E-state index contributed by atoms with van der Waals surface area (Å²) in [6.07, 6.45) is 2.72. The summed E-state index contributed by atoms with van der Waals surface area (Å²) in [5, 5.41) is 2.87. The van der Waals surface area contributed by atoms with Crippen LogP contribution in [0.4, 0.5) is 0 Å². The van der Waals surface area contributed by atoms with Crippen molar-refractivity contribution in [1.82, 2.24) is 5.32 Å². The highest BCUT2D eigenvalue weighted by Gasteiger charge is 2.47. The number of likely N-dealkylation sites (N-methyl/N-ethyl adjacent to an activating group) is 1. The van der Waals surface area contributed by atoms with Crippen LogP contribution in [0, 0.1) is 0 Å². The molecule has 0 radical (unpaired) electrons. The molecule has 0 saturated heterocycles. The number of methoxy groups -OCH3 is 2. The molecule has 1 N–H and O–H groups in total. The van der Waals surface area contributed by atoms with Gasteiger partial charge >= 0.3 is 0 Å². The third-order valence-corrected chi connectivity index (χ3v) is 4.37. The number of carbonyl (C=O) groups is 2. The molecule has 0 aromatic heterocycles. The van der Waals surface area contributed by atoms with Gasteiger partial charge in [-0.25, -0.2) is 0 Å². The molecule has 0 bridgehead atoms. The minimum absolute atomic E-state index is 0.00576. The van der Waals surface area contributed by atoms with Gasteiger partial charge in [0.15, 0.2) is 23.1 Å². The van der Waals surface area contributed by atoms with Crippen LogP contribution in [0.5, 0.6) is 11.5 Å². The van der Waals surface area contributed by atoms with Crippen LogP contribution < -0.4 is 14.8 Å². The van der Waals surface area contributed by atoms with Crippen LogP contribution in [-0.2, 0) is 15.0 Å². The number of hydrogen-bond acceptors (Lipinski definition) is 5. The molecule has 120 valence electrons. The van der Waals surface area contributed by atoms with E-state index < -0.39 is 5.41 Å². The molecule has 1 aromatic carbocycles. The Labute approximate surface area is 131 Å². The van der Waals surface area contributed by atoms with E-state index in [9.17, 15) is 9.59 Å². The van der Waals surface area contributed by atoms with E-state index >= 15 is 0 Å². The first kappa shape index (κ1) is 16.5. The molecule has 0 spiro atoms. The van der Waals surface area contributed by atoms with E-state index in [4.69, 9.17) is 9.47 Å². The lowest BCUT2D eigenvalue weighted by Crippen LogP contribution is -2.49. The monoisotopic (exact) mass is 305 g/mol. The average molecular weight is 305 g/mol. The van der Waals surface area contributed by atoms with Gasteiger partial charge in [0.25, 0.3) is 0 Å². The zero-order valence-electron chi connectivity index (χ0n) is 13.4. The van der Waals surface area contributed by atoms with E-state index in [1.165, 1.54) is 0 Å². The molecule has 1 unspecified atom stereocenters. The van der Waals surface area contributed by atoms with Gasteiger partial charge in [-0.2, -0.15) is 0 Å². The van der Waals surface area contributed by atoms with Crippen molar-refractivity contribution in [3.05, 3.63) is 23.8 Å². The smallest absolute Gasteiger partial charge is 0.164 e. The van der Waals surface area contributed by atoms with Crippen molar-refractivity contribution in [2.75, 3.05) is 27.8 Å². The highest BCUT2D eigenvalue weighted by molar-refractivity contribution is 6.13. The van der Waals surface area contributed by atoms with E-state index in [1.54, 1.807) is 39.5 Å². The number of rotatable bonds is 6. The number of ether oxygens (including phenoxy) is 2. The first-order valence-corrected chi connectivity index (χ1v) is 7.54. The molecule has 5 nitrogen and oxygen atoms in total. The number of benzene rings is 1. The standard InChI is InChI=1S/C17H23NO4/c1-18-11-16(20)17(9-5-4-6-15(17)19)12-7-8-13(21-2)14(10-12)22-3/h7-8,10,18H,4-6,9,11H2,1-3H3. The molecule has 1 fully saturated rings. The lowest BCUT2D eigenvalue weighted by atomic mass is 9.65. The Balaban J connectivity index is 2.54. The Morgan fingerprint density at radius 1 is 1.23 bits per heavy atom. The fourth-order valence-electron chi connectivity index (χ4n) is 3.20. The molecule has 5 heteroatoms. The van der Waals surface area contributed by atoms with Gasteiger partial charge in [-0.05, 0) is 37.6 Å². The quantitative estimate of drug-likeness (QED) is 0.813. The zero-order valence-corrected chi connectivity index (χ0v) is 13.4. The Hall–Kier alpha value is -1.88. The number of carbonyl (C=O) groups excluding carboxylic acids is 2. The Morgan fingerprint density at radius 2 is 1.95 bits per heavy atom. The first-order valence-electron chi connectivity index (χ1n) is 7.54. The third kappa shape index (κ3) is 2.73. The van der Waals surface area contributed by atoms with Crippen LogP contribution in [0.2, 0.25) is 0 Å². The van der Waals surface area contributed by atoms with Gasteiger partial charge in [-0.1, -0.05) is 12.5 Å². The molecule has 22 heavy (non-hydrogen) atoms.